The topological polar surface area (TPSA) is 83.7 Å². The average molecular weight is 467 g/mol. The van der Waals surface area contributed by atoms with Crippen LogP contribution in [0.2, 0.25) is 0 Å². The number of carbonyl (C=O) groups excluding carboxylic acids is 1. The van der Waals surface area contributed by atoms with E-state index in [1.807, 2.05) is 65.2 Å². The van der Waals surface area contributed by atoms with Crippen molar-refractivity contribution in [2.24, 2.45) is 17.3 Å². The fraction of sp³-hybridized carbons (Fsp3) is 0.440. The molecule has 2 aromatic rings. The van der Waals surface area contributed by atoms with Crippen molar-refractivity contribution in [3.8, 4) is 11.1 Å². The zero-order valence-electron chi connectivity index (χ0n) is 19.9. The quantitative estimate of drug-likeness (QED) is 0.696. The molecule has 0 spiro atoms. The Morgan fingerprint density at radius 2 is 2.06 bits per heavy atom. The van der Waals surface area contributed by atoms with E-state index in [0.717, 1.165) is 28.1 Å². The van der Waals surface area contributed by atoms with E-state index >= 15 is 0 Å². The van der Waals surface area contributed by atoms with E-state index in [9.17, 15) is 13.6 Å². The molecule has 7 nitrogen and oxygen atoms in total. The first-order chi connectivity index (χ1) is 16.1. The molecule has 34 heavy (non-hydrogen) atoms. The third-order valence-electron chi connectivity index (χ3n) is 7.04. The van der Waals surface area contributed by atoms with Gasteiger partial charge in [0.05, 0.1) is 16.7 Å². The predicted molar refractivity (Wildman–Crippen MR) is 124 cm³/mol. The van der Waals surface area contributed by atoms with E-state index in [-0.39, 0.29) is 11.6 Å². The largest absolute Gasteiger partial charge is 0.362 e. The van der Waals surface area contributed by atoms with Gasteiger partial charge in [0.25, 0.3) is 12.3 Å². The monoisotopic (exact) mass is 466 g/mol. The van der Waals surface area contributed by atoms with E-state index in [2.05, 4.69) is 26.0 Å². The number of benzene rings is 1. The van der Waals surface area contributed by atoms with Crippen molar-refractivity contribution >= 4 is 5.91 Å². The van der Waals surface area contributed by atoms with Crippen LogP contribution in [0.3, 0.4) is 0 Å². The van der Waals surface area contributed by atoms with Gasteiger partial charge < -0.3 is 10.6 Å². The van der Waals surface area contributed by atoms with Crippen LogP contribution >= 0.6 is 0 Å². The summed E-state index contributed by atoms with van der Waals surface area (Å²) in [7, 11) is 1.86. The number of azo groups is 1. The highest BCUT2D eigenvalue weighted by molar-refractivity contribution is 6.00. The fourth-order valence-corrected chi connectivity index (χ4v) is 5.75. The summed E-state index contributed by atoms with van der Waals surface area (Å²) in [4.78, 5) is 13.6. The van der Waals surface area contributed by atoms with Gasteiger partial charge in [-0.15, -0.1) is 0 Å². The minimum absolute atomic E-state index is 0.255. The minimum Gasteiger partial charge on any atom is -0.362 e. The van der Waals surface area contributed by atoms with Crippen molar-refractivity contribution in [1.82, 2.24) is 20.4 Å². The molecule has 1 unspecified atom stereocenters. The molecule has 0 fully saturated rings. The number of alkyl halides is 2. The van der Waals surface area contributed by atoms with E-state index in [0.29, 0.717) is 24.0 Å². The second-order valence-corrected chi connectivity index (χ2v) is 9.87. The summed E-state index contributed by atoms with van der Waals surface area (Å²) in [5.41, 5.74) is 3.16. The highest BCUT2D eigenvalue weighted by Gasteiger charge is 2.55. The van der Waals surface area contributed by atoms with Crippen LogP contribution in [0.4, 0.5) is 8.78 Å². The molecule has 1 aromatic heterocycles. The summed E-state index contributed by atoms with van der Waals surface area (Å²) in [6.45, 7) is 7.75. The maximum absolute atomic E-state index is 14.2. The molecule has 2 atom stereocenters. The van der Waals surface area contributed by atoms with Crippen LogP contribution < -0.4 is 10.6 Å². The molecule has 3 aliphatic rings. The van der Waals surface area contributed by atoms with Crippen LogP contribution in [0.15, 0.2) is 63.2 Å². The first-order valence-electron chi connectivity index (χ1n) is 11.4. The van der Waals surface area contributed by atoms with Crippen molar-refractivity contribution in [1.29, 1.82) is 0 Å². The molecule has 1 amide bonds. The van der Waals surface area contributed by atoms with E-state index in [1.165, 1.54) is 0 Å². The predicted octanol–water partition coefficient (Wildman–Crippen LogP) is 4.51. The van der Waals surface area contributed by atoms with Gasteiger partial charge in [-0.25, -0.2) is 8.78 Å². The van der Waals surface area contributed by atoms with Crippen LogP contribution in [0.5, 0.6) is 0 Å². The van der Waals surface area contributed by atoms with Crippen LogP contribution in [-0.4, -0.2) is 33.8 Å². The van der Waals surface area contributed by atoms with Gasteiger partial charge in [0, 0.05) is 42.0 Å². The third-order valence-corrected chi connectivity index (χ3v) is 7.04. The lowest BCUT2D eigenvalue weighted by Crippen LogP contribution is -2.58. The molecule has 0 radical (unpaired) electrons. The van der Waals surface area contributed by atoms with Gasteiger partial charge >= 0.3 is 0 Å². The number of aromatic nitrogens is 2. The van der Waals surface area contributed by atoms with Gasteiger partial charge in [-0.3, -0.25) is 9.48 Å². The molecule has 0 aliphatic carbocycles. The number of allylic oxidation sites excluding steroid dienone is 1. The normalized spacial score (nSPS) is 25.4. The fourth-order valence-electron chi connectivity index (χ4n) is 5.75. The second kappa shape index (κ2) is 7.58. The van der Waals surface area contributed by atoms with E-state index in [4.69, 9.17) is 0 Å². The SMILES string of the molecule is CC[C@]1(c2cccc(-c3cn(C)nc3C)c2)C2=C(CC(C)(C)NC2=O)NC2N=NC(C(F)F)=C21. The maximum atomic E-state index is 14.2. The number of hydrogen-bond donors (Lipinski definition) is 2. The third kappa shape index (κ3) is 3.20. The Morgan fingerprint density at radius 1 is 1.29 bits per heavy atom. The van der Waals surface area contributed by atoms with Crippen molar-refractivity contribution in [2.45, 2.75) is 64.1 Å². The number of fused-ring (bicyclic) bond motifs is 1. The Hall–Kier alpha value is -3.36. The molecule has 3 aliphatic heterocycles. The van der Waals surface area contributed by atoms with Gasteiger partial charge in [0.15, 0.2) is 6.17 Å². The van der Waals surface area contributed by atoms with Crippen molar-refractivity contribution < 1.29 is 13.6 Å². The van der Waals surface area contributed by atoms with Crippen molar-refractivity contribution in [2.75, 3.05) is 0 Å². The van der Waals surface area contributed by atoms with Gasteiger partial charge in [0.1, 0.15) is 5.70 Å². The standard InChI is InChI=1S/C25H28F2N6O/c1-6-25(15-9-7-8-14(10-15)16-12-33(5)32-13(16)2)18-17(11-24(3,4)29-23(18)34)28-22-19(25)20(21(26)27)30-31-22/h7-10,12,21-22,28H,6,11H2,1-5H3,(H,29,34)/t22?,25-/m0/s1. The van der Waals surface area contributed by atoms with Gasteiger partial charge in [-0.05, 0) is 44.4 Å². The number of carbonyl (C=O) groups is 1. The van der Waals surface area contributed by atoms with E-state index in [1.54, 1.807) is 4.68 Å². The summed E-state index contributed by atoms with van der Waals surface area (Å²) in [5, 5.41) is 18.8. The number of halogens is 2. The lowest BCUT2D eigenvalue weighted by atomic mass is 9.61. The van der Waals surface area contributed by atoms with Gasteiger partial charge in [-0.1, -0.05) is 25.1 Å². The molecule has 178 valence electrons. The Balaban J connectivity index is 1.81. The average Bonchev–Trinajstić information content (AvgIpc) is 3.34. The molecule has 5 rings (SSSR count). The zero-order chi connectivity index (χ0) is 24.4. The Bertz CT molecular complexity index is 1290. The van der Waals surface area contributed by atoms with Crippen molar-refractivity contribution in [3.63, 3.8) is 0 Å². The molecule has 9 heteroatoms. The molecule has 4 heterocycles. The summed E-state index contributed by atoms with van der Waals surface area (Å²) in [5.74, 6) is -0.255. The van der Waals surface area contributed by atoms with Crippen molar-refractivity contribution in [3.05, 3.63) is 64.3 Å². The van der Waals surface area contributed by atoms with Gasteiger partial charge in [0.2, 0.25) is 0 Å². The number of amides is 1. The molecule has 0 bridgehead atoms. The highest BCUT2D eigenvalue weighted by Crippen LogP contribution is 2.53. The zero-order valence-corrected chi connectivity index (χ0v) is 19.9. The van der Waals surface area contributed by atoms with E-state index < -0.39 is 23.5 Å². The molecular formula is C25H28F2N6O. The smallest absolute Gasteiger partial charge is 0.282 e. The number of aryl methyl sites for hydroxylation is 2. The van der Waals surface area contributed by atoms with Crippen LogP contribution in [-0.2, 0) is 17.3 Å². The Kier molecular flexibility index (Phi) is 5.00. The number of nitrogens with one attached hydrogen (secondary N) is 2. The number of hydrogen-bond acceptors (Lipinski definition) is 5. The minimum atomic E-state index is -2.80. The maximum Gasteiger partial charge on any atom is 0.282 e. The summed E-state index contributed by atoms with van der Waals surface area (Å²) >= 11 is 0. The van der Waals surface area contributed by atoms with Crippen LogP contribution in [0, 0.1) is 6.92 Å². The summed E-state index contributed by atoms with van der Waals surface area (Å²) in [6, 6.07) is 7.78. The lowest BCUT2D eigenvalue weighted by Gasteiger charge is -2.48. The number of nitrogens with zero attached hydrogens (tertiary/aromatic N) is 4. The molecule has 0 saturated carbocycles. The Labute approximate surface area is 197 Å². The molecular weight excluding hydrogens is 438 g/mol. The molecule has 0 saturated heterocycles. The lowest BCUT2D eigenvalue weighted by molar-refractivity contribution is -0.120. The number of rotatable bonds is 4. The van der Waals surface area contributed by atoms with Crippen LogP contribution in [0.1, 0.15) is 44.9 Å². The molecule has 1 aromatic carbocycles. The second-order valence-electron chi connectivity index (χ2n) is 9.87. The summed E-state index contributed by atoms with van der Waals surface area (Å²) < 4.78 is 30.1. The van der Waals surface area contributed by atoms with Gasteiger partial charge in [-0.2, -0.15) is 15.3 Å². The van der Waals surface area contributed by atoms with Crippen LogP contribution in [0.25, 0.3) is 11.1 Å². The first kappa shape index (κ1) is 22.4. The Morgan fingerprint density at radius 3 is 2.71 bits per heavy atom. The summed E-state index contributed by atoms with van der Waals surface area (Å²) in [6.07, 6.45) is -0.647. The first-order valence-corrected chi connectivity index (χ1v) is 11.4. The molecule has 2 N–H and O–H groups in total. The highest BCUT2D eigenvalue weighted by atomic mass is 19.3.